The van der Waals surface area contributed by atoms with Crippen molar-refractivity contribution in [3.8, 4) is 0 Å². The lowest BCUT2D eigenvalue weighted by Crippen LogP contribution is -1.82. The molecule has 2 heteroatoms. The summed E-state index contributed by atoms with van der Waals surface area (Å²) in [7, 11) is 0. The molecule has 0 aliphatic carbocycles. The summed E-state index contributed by atoms with van der Waals surface area (Å²) in [6.07, 6.45) is 2.24. The van der Waals surface area contributed by atoms with Crippen LogP contribution in [-0.4, -0.2) is 6.79 Å². The maximum absolute atomic E-state index is 8.00. The van der Waals surface area contributed by atoms with Crippen LogP contribution >= 0.6 is 11.6 Å². The van der Waals surface area contributed by atoms with Gasteiger partial charge in [0.25, 0.3) is 0 Å². The summed E-state index contributed by atoms with van der Waals surface area (Å²) in [4.78, 5) is 8.00. The highest BCUT2D eigenvalue weighted by Gasteiger charge is 1.94. The Labute approximate surface area is 78.4 Å². The van der Waals surface area contributed by atoms with Crippen molar-refractivity contribution in [3.05, 3.63) is 34.9 Å². The van der Waals surface area contributed by atoms with Gasteiger partial charge in [-0.05, 0) is 18.1 Å². The van der Waals surface area contributed by atoms with E-state index in [1.165, 1.54) is 5.56 Å². The first-order valence-corrected chi connectivity index (χ1v) is 4.24. The Morgan fingerprint density at radius 3 is 2.42 bits per heavy atom. The number of carbonyl (C=O) groups excluding carboxylic acids is 1. The minimum atomic E-state index is 0.893. The van der Waals surface area contributed by atoms with E-state index in [-0.39, 0.29) is 0 Å². The second-order valence-electron chi connectivity index (χ2n) is 2.34. The van der Waals surface area contributed by atoms with Crippen LogP contribution in [0, 0.1) is 0 Å². The average Bonchev–Trinajstić information content (AvgIpc) is 2.13. The van der Waals surface area contributed by atoms with Crippen LogP contribution in [-0.2, 0) is 11.2 Å². The van der Waals surface area contributed by atoms with Crippen molar-refractivity contribution in [2.75, 3.05) is 0 Å². The van der Waals surface area contributed by atoms with Gasteiger partial charge in [-0.1, -0.05) is 43.1 Å². The molecule has 0 saturated carbocycles. The summed E-state index contributed by atoms with van der Waals surface area (Å²) in [5.41, 5.74) is 1.26. The molecule has 0 saturated heterocycles. The minimum Gasteiger partial charge on any atom is -0.307 e. The fourth-order valence-electron chi connectivity index (χ4n) is 0.970. The van der Waals surface area contributed by atoms with Gasteiger partial charge >= 0.3 is 0 Å². The molecule has 66 valence electrons. The lowest BCUT2D eigenvalue weighted by molar-refractivity contribution is -0.0979. The second kappa shape index (κ2) is 6.86. The molecule has 1 nitrogen and oxygen atoms in total. The fraction of sp³-hybridized carbons (Fsp3) is 0.300. The van der Waals surface area contributed by atoms with Crippen LogP contribution in [0.4, 0.5) is 0 Å². The lowest BCUT2D eigenvalue weighted by atomic mass is 10.1. The molecule has 12 heavy (non-hydrogen) atoms. The van der Waals surface area contributed by atoms with Gasteiger partial charge < -0.3 is 4.79 Å². The Morgan fingerprint density at radius 2 is 1.92 bits per heavy atom. The van der Waals surface area contributed by atoms with Crippen molar-refractivity contribution in [2.24, 2.45) is 0 Å². The van der Waals surface area contributed by atoms with Gasteiger partial charge in [-0.25, -0.2) is 0 Å². The molecule has 0 heterocycles. The molecule has 0 N–H and O–H groups in total. The third-order valence-electron chi connectivity index (χ3n) is 1.48. The van der Waals surface area contributed by atoms with Crippen molar-refractivity contribution in [3.63, 3.8) is 0 Å². The Kier molecular flexibility index (Phi) is 6.39. The summed E-state index contributed by atoms with van der Waals surface area (Å²) in [5.74, 6) is 0. The second-order valence-corrected chi connectivity index (χ2v) is 2.75. The molecule has 0 aliphatic rings. The van der Waals surface area contributed by atoms with Gasteiger partial charge in [-0.2, -0.15) is 0 Å². The molecule has 1 aromatic carbocycles. The first kappa shape index (κ1) is 11.2. The van der Waals surface area contributed by atoms with E-state index in [0.29, 0.717) is 0 Å². The number of halogens is 1. The summed E-state index contributed by atoms with van der Waals surface area (Å²) < 4.78 is 0. The molecule has 0 amide bonds. The monoisotopic (exact) mass is 184 g/mol. The van der Waals surface area contributed by atoms with Gasteiger partial charge in [0.2, 0.25) is 0 Å². The number of hydrogen-bond donors (Lipinski definition) is 0. The molecule has 1 rings (SSSR count). The zero-order valence-electron chi connectivity index (χ0n) is 7.22. The van der Waals surface area contributed by atoms with Crippen molar-refractivity contribution < 1.29 is 4.79 Å². The Bertz CT molecular complexity index is 223. The van der Waals surface area contributed by atoms with Crippen molar-refractivity contribution in [1.82, 2.24) is 0 Å². The maximum atomic E-state index is 8.00. The fourth-order valence-corrected chi connectivity index (χ4v) is 1.20. The molecule has 0 aliphatic heterocycles. The molecular formula is C10H13ClO. The molecule has 0 aromatic heterocycles. The summed E-state index contributed by atoms with van der Waals surface area (Å²) in [6, 6.07) is 8.00. The average molecular weight is 185 g/mol. The lowest BCUT2D eigenvalue weighted by Gasteiger charge is -1.99. The predicted molar refractivity (Wildman–Crippen MR) is 52.6 cm³/mol. The highest BCUT2D eigenvalue weighted by atomic mass is 35.5. The quantitative estimate of drug-likeness (QED) is 0.691. The maximum Gasteiger partial charge on any atom is 0.106 e. The predicted octanol–water partition coefficient (Wildman–Crippen LogP) is 3.11. The smallest absolute Gasteiger partial charge is 0.106 e. The number of rotatable bonds is 2. The third kappa shape index (κ3) is 3.54. The van der Waals surface area contributed by atoms with Crippen molar-refractivity contribution in [2.45, 2.75) is 19.8 Å². The van der Waals surface area contributed by atoms with E-state index in [1.54, 1.807) is 0 Å². The topological polar surface area (TPSA) is 17.1 Å². The molecule has 0 spiro atoms. The van der Waals surface area contributed by atoms with Gasteiger partial charge in [0, 0.05) is 5.02 Å². The van der Waals surface area contributed by atoms with Crippen molar-refractivity contribution >= 4 is 18.4 Å². The largest absolute Gasteiger partial charge is 0.307 e. The highest BCUT2D eigenvalue weighted by molar-refractivity contribution is 6.31. The standard InChI is InChI=1S/C9H11Cl.CH2O/c1-2-5-8-6-3-4-7-9(8)10;1-2/h3-4,6-7H,2,5H2,1H3;1H2. The van der Waals surface area contributed by atoms with Crippen LogP contribution < -0.4 is 0 Å². The molecule has 0 bridgehead atoms. The van der Waals surface area contributed by atoms with E-state index >= 15 is 0 Å². The van der Waals surface area contributed by atoms with Crippen LogP contribution in [0.2, 0.25) is 5.02 Å². The van der Waals surface area contributed by atoms with E-state index in [4.69, 9.17) is 16.4 Å². The minimum absolute atomic E-state index is 0.893. The van der Waals surface area contributed by atoms with Gasteiger partial charge in [-0.15, -0.1) is 0 Å². The third-order valence-corrected chi connectivity index (χ3v) is 1.85. The zero-order chi connectivity index (χ0) is 9.40. The molecule has 0 fully saturated rings. The van der Waals surface area contributed by atoms with Crippen molar-refractivity contribution in [1.29, 1.82) is 0 Å². The van der Waals surface area contributed by atoms with Crippen LogP contribution in [0.25, 0.3) is 0 Å². The van der Waals surface area contributed by atoms with E-state index in [0.717, 1.165) is 17.9 Å². The van der Waals surface area contributed by atoms with Gasteiger partial charge in [0.15, 0.2) is 0 Å². The van der Waals surface area contributed by atoms with Crippen LogP contribution in [0.1, 0.15) is 18.9 Å². The van der Waals surface area contributed by atoms with Gasteiger partial charge in [0.05, 0.1) is 0 Å². The summed E-state index contributed by atoms with van der Waals surface area (Å²) in [5, 5.41) is 0.893. The SMILES string of the molecule is C=O.CCCc1ccccc1Cl. The molecule has 0 unspecified atom stereocenters. The van der Waals surface area contributed by atoms with Crippen LogP contribution in [0.5, 0.6) is 0 Å². The normalized spacial score (nSPS) is 8.50. The zero-order valence-corrected chi connectivity index (χ0v) is 7.97. The first-order chi connectivity index (χ1) is 5.84. The van der Waals surface area contributed by atoms with E-state index in [2.05, 4.69) is 13.0 Å². The molecule has 0 radical (unpaired) electrons. The van der Waals surface area contributed by atoms with Crippen LogP contribution in [0.3, 0.4) is 0 Å². The summed E-state index contributed by atoms with van der Waals surface area (Å²) >= 11 is 5.90. The van der Waals surface area contributed by atoms with Gasteiger partial charge in [-0.3, -0.25) is 0 Å². The molecular weight excluding hydrogens is 172 g/mol. The van der Waals surface area contributed by atoms with Crippen LogP contribution in [0.15, 0.2) is 24.3 Å². The van der Waals surface area contributed by atoms with E-state index in [1.807, 2.05) is 25.0 Å². The highest BCUT2D eigenvalue weighted by Crippen LogP contribution is 2.15. The number of hydrogen-bond acceptors (Lipinski definition) is 1. The van der Waals surface area contributed by atoms with E-state index < -0.39 is 0 Å². The van der Waals surface area contributed by atoms with E-state index in [9.17, 15) is 0 Å². The first-order valence-electron chi connectivity index (χ1n) is 3.87. The summed E-state index contributed by atoms with van der Waals surface area (Å²) in [6.45, 7) is 4.16. The number of aryl methyl sites for hydroxylation is 1. The Morgan fingerprint density at radius 1 is 1.33 bits per heavy atom. The number of benzene rings is 1. The van der Waals surface area contributed by atoms with Gasteiger partial charge in [0.1, 0.15) is 6.79 Å². The molecule has 0 atom stereocenters. The molecule has 1 aromatic rings. The number of carbonyl (C=O) groups is 1. The Hall–Kier alpha value is -0.820. The Balaban J connectivity index is 0.000000561.